The Morgan fingerprint density at radius 3 is 2.53 bits per heavy atom. The van der Waals surface area contributed by atoms with Gasteiger partial charge in [0.2, 0.25) is 0 Å². The first-order valence-electron chi connectivity index (χ1n) is 13.1. The van der Waals surface area contributed by atoms with Crippen molar-refractivity contribution in [2.75, 3.05) is 32.8 Å². The highest BCUT2D eigenvalue weighted by Gasteiger charge is 2.46. The van der Waals surface area contributed by atoms with Crippen LogP contribution in [-0.4, -0.2) is 73.9 Å². The predicted molar refractivity (Wildman–Crippen MR) is 145 cm³/mol. The molecule has 0 bridgehead atoms. The Balaban J connectivity index is 1.85. The maximum atomic E-state index is 13.5. The normalized spacial score (nSPS) is 17.2. The van der Waals surface area contributed by atoms with Crippen LogP contribution in [0.3, 0.4) is 0 Å². The van der Waals surface area contributed by atoms with Gasteiger partial charge in [0.1, 0.15) is 11.3 Å². The Morgan fingerprint density at radius 1 is 1.13 bits per heavy atom. The van der Waals surface area contributed by atoms with Crippen molar-refractivity contribution in [2.24, 2.45) is 0 Å². The van der Waals surface area contributed by atoms with E-state index < -0.39 is 17.7 Å². The zero-order valence-corrected chi connectivity index (χ0v) is 22.7. The predicted octanol–water partition coefficient (Wildman–Crippen LogP) is 4.21. The van der Waals surface area contributed by atoms with Crippen LogP contribution < -0.4 is 4.74 Å². The van der Waals surface area contributed by atoms with Crippen molar-refractivity contribution in [3.8, 4) is 11.5 Å². The summed E-state index contributed by atoms with van der Waals surface area (Å²) in [6.45, 7) is 12.9. The molecule has 1 aliphatic heterocycles. The number of fused-ring (bicyclic) bond motifs is 1. The van der Waals surface area contributed by atoms with Gasteiger partial charge < -0.3 is 29.2 Å². The van der Waals surface area contributed by atoms with E-state index in [1.165, 1.54) is 11.0 Å². The van der Waals surface area contributed by atoms with Gasteiger partial charge in [-0.05, 0) is 76.2 Å². The van der Waals surface area contributed by atoms with E-state index in [4.69, 9.17) is 4.74 Å². The second kappa shape index (κ2) is 11.3. The second-order valence-corrected chi connectivity index (χ2v) is 9.46. The van der Waals surface area contributed by atoms with Crippen LogP contribution in [0.2, 0.25) is 0 Å². The number of rotatable bonds is 10. The number of aliphatic hydroxyl groups excluding tert-OH is 1. The highest BCUT2D eigenvalue weighted by molar-refractivity contribution is 6.46. The number of hydrogen-bond donors (Lipinski definition) is 2. The quantitative estimate of drug-likeness (QED) is 0.234. The molecular formula is C29H36N4O5. The van der Waals surface area contributed by atoms with Gasteiger partial charge in [0.15, 0.2) is 17.3 Å². The van der Waals surface area contributed by atoms with E-state index in [0.717, 1.165) is 25.2 Å². The van der Waals surface area contributed by atoms with E-state index in [0.29, 0.717) is 36.5 Å². The summed E-state index contributed by atoms with van der Waals surface area (Å²) >= 11 is 0. The molecule has 1 unspecified atom stereocenters. The van der Waals surface area contributed by atoms with E-state index in [9.17, 15) is 19.8 Å². The molecule has 0 saturated carbocycles. The van der Waals surface area contributed by atoms with Crippen LogP contribution in [-0.2, 0) is 9.59 Å². The van der Waals surface area contributed by atoms with Gasteiger partial charge in [0.05, 0.1) is 23.9 Å². The van der Waals surface area contributed by atoms with Crippen LogP contribution in [0, 0.1) is 13.8 Å². The molecule has 1 amide bonds. The standard InChI is InChI=1S/C29H36N4O5/c1-6-31(7-2)14-10-16-33-25(20-12-13-21(34)22(17-20)38-8-3)23(27(36)29(33)37)26(35)24-19(5)32-15-9-11-18(4)28(32)30-24/h9,11-13,15,17,25,34-35H,6-8,10,14,16H2,1-5H3/b26-23+. The topological polar surface area (TPSA) is 108 Å². The van der Waals surface area contributed by atoms with Crippen LogP contribution in [0.4, 0.5) is 0 Å². The molecular weight excluding hydrogens is 484 g/mol. The first kappa shape index (κ1) is 27.2. The number of carbonyl (C=O) groups is 2. The van der Waals surface area contributed by atoms with Gasteiger partial charge in [-0.1, -0.05) is 26.0 Å². The molecule has 2 aromatic heterocycles. The molecule has 1 atom stereocenters. The molecule has 3 heterocycles. The molecule has 2 N–H and O–H groups in total. The monoisotopic (exact) mass is 520 g/mol. The summed E-state index contributed by atoms with van der Waals surface area (Å²) < 4.78 is 7.44. The molecule has 38 heavy (non-hydrogen) atoms. The van der Waals surface area contributed by atoms with E-state index >= 15 is 0 Å². The third kappa shape index (κ3) is 4.86. The number of carbonyl (C=O) groups excluding carboxylic acids is 2. The minimum absolute atomic E-state index is 0.0184. The first-order chi connectivity index (χ1) is 18.2. The lowest BCUT2D eigenvalue weighted by Crippen LogP contribution is -2.33. The van der Waals surface area contributed by atoms with Crippen molar-refractivity contribution >= 4 is 23.1 Å². The Labute approximate surface area is 223 Å². The number of aryl methyl sites for hydroxylation is 2. The average molecular weight is 521 g/mol. The van der Waals surface area contributed by atoms with Crippen molar-refractivity contribution in [1.29, 1.82) is 0 Å². The highest BCUT2D eigenvalue weighted by Crippen LogP contribution is 2.42. The number of pyridine rings is 1. The largest absolute Gasteiger partial charge is 0.505 e. The number of amides is 1. The molecule has 1 fully saturated rings. The average Bonchev–Trinajstić information content (AvgIpc) is 3.38. The number of imidazole rings is 1. The van der Waals surface area contributed by atoms with Gasteiger partial charge in [-0.15, -0.1) is 0 Å². The fraction of sp³-hybridized carbons (Fsp3) is 0.414. The number of Topliss-reactive ketones (excluding diaryl/α,β-unsaturated/α-hetero) is 1. The SMILES string of the molecule is CCOc1cc(C2/C(=C(\O)c3nc4c(C)cccn4c3C)C(=O)C(=O)N2CCCN(CC)CC)ccc1O. The van der Waals surface area contributed by atoms with Gasteiger partial charge in [0, 0.05) is 12.7 Å². The van der Waals surface area contributed by atoms with Gasteiger partial charge in [-0.25, -0.2) is 4.98 Å². The van der Waals surface area contributed by atoms with Crippen molar-refractivity contribution in [3.05, 3.63) is 64.6 Å². The smallest absolute Gasteiger partial charge is 0.295 e. The molecule has 1 aromatic carbocycles. The van der Waals surface area contributed by atoms with Gasteiger partial charge >= 0.3 is 0 Å². The van der Waals surface area contributed by atoms with Crippen molar-refractivity contribution < 1.29 is 24.5 Å². The molecule has 3 aromatic rings. The van der Waals surface area contributed by atoms with E-state index in [-0.39, 0.29) is 28.5 Å². The number of nitrogens with zero attached hydrogens (tertiary/aromatic N) is 4. The van der Waals surface area contributed by atoms with Crippen molar-refractivity contribution in [3.63, 3.8) is 0 Å². The summed E-state index contributed by atoms with van der Waals surface area (Å²) in [6, 6.07) is 7.72. The van der Waals surface area contributed by atoms with Gasteiger partial charge in [-0.2, -0.15) is 0 Å². The van der Waals surface area contributed by atoms with Gasteiger partial charge in [0.25, 0.3) is 11.7 Å². The van der Waals surface area contributed by atoms with E-state index in [1.807, 2.05) is 36.6 Å². The minimum Gasteiger partial charge on any atom is -0.505 e. The highest BCUT2D eigenvalue weighted by atomic mass is 16.5. The molecule has 9 heteroatoms. The minimum atomic E-state index is -0.850. The number of hydrogen-bond acceptors (Lipinski definition) is 7. The van der Waals surface area contributed by atoms with Crippen molar-refractivity contribution in [1.82, 2.24) is 19.2 Å². The number of ether oxygens (including phenoxy) is 1. The van der Waals surface area contributed by atoms with Crippen LogP contribution >= 0.6 is 0 Å². The van der Waals surface area contributed by atoms with Crippen LogP contribution in [0.1, 0.15) is 55.7 Å². The van der Waals surface area contributed by atoms with Gasteiger partial charge in [-0.3, -0.25) is 9.59 Å². The second-order valence-electron chi connectivity index (χ2n) is 9.46. The van der Waals surface area contributed by atoms with Crippen molar-refractivity contribution in [2.45, 2.75) is 47.1 Å². The molecule has 202 valence electrons. The number of aromatic nitrogens is 2. The fourth-order valence-electron chi connectivity index (χ4n) is 5.11. The zero-order valence-electron chi connectivity index (χ0n) is 22.7. The maximum absolute atomic E-state index is 13.5. The summed E-state index contributed by atoms with van der Waals surface area (Å²) in [5, 5.41) is 21.8. The summed E-state index contributed by atoms with van der Waals surface area (Å²) in [4.78, 5) is 35.2. The Bertz CT molecular complexity index is 1390. The zero-order chi connectivity index (χ0) is 27.6. The van der Waals surface area contributed by atoms with Crippen LogP contribution in [0.5, 0.6) is 11.5 Å². The Hall–Kier alpha value is -3.85. The number of phenolic OH excluding ortho intramolecular Hbond substituents is 1. The number of benzene rings is 1. The van der Waals surface area contributed by atoms with Crippen LogP contribution in [0.25, 0.3) is 11.4 Å². The molecule has 1 aliphatic rings. The van der Waals surface area contributed by atoms with E-state index in [2.05, 4.69) is 23.7 Å². The van der Waals surface area contributed by atoms with Crippen LogP contribution in [0.15, 0.2) is 42.1 Å². The number of phenols is 1. The maximum Gasteiger partial charge on any atom is 0.295 e. The molecule has 9 nitrogen and oxygen atoms in total. The molecule has 1 saturated heterocycles. The Morgan fingerprint density at radius 2 is 1.87 bits per heavy atom. The number of ketones is 1. The number of aromatic hydroxyl groups is 1. The number of likely N-dealkylation sites (tertiary alicyclic amines) is 1. The molecule has 0 radical (unpaired) electrons. The van der Waals surface area contributed by atoms with E-state index in [1.54, 1.807) is 19.1 Å². The summed E-state index contributed by atoms with van der Waals surface area (Å²) in [7, 11) is 0. The number of aliphatic hydroxyl groups is 1. The summed E-state index contributed by atoms with van der Waals surface area (Å²) in [5.41, 5.74) is 3.05. The third-order valence-corrected chi connectivity index (χ3v) is 7.22. The lowest BCUT2D eigenvalue weighted by Gasteiger charge is -2.27. The molecule has 4 rings (SSSR count). The lowest BCUT2D eigenvalue weighted by atomic mass is 9.96. The molecule has 0 spiro atoms. The summed E-state index contributed by atoms with van der Waals surface area (Å²) in [5.74, 6) is -1.53. The molecule has 0 aliphatic carbocycles. The Kier molecular flexibility index (Phi) is 8.06. The summed E-state index contributed by atoms with van der Waals surface area (Å²) in [6.07, 6.45) is 2.51. The first-order valence-corrected chi connectivity index (χ1v) is 13.1. The fourth-order valence-corrected chi connectivity index (χ4v) is 5.11. The lowest BCUT2D eigenvalue weighted by molar-refractivity contribution is -0.140. The third-order valence-electron chi connectivity index (χ3n) is 7.22.